The highest BCUT2D eigenvalue weighted by Crippen LogP contribution is 2.16. The summed E-state index contributed by atoms with van der Waals surface area (Å²) in [7, 11) is 0. The van der Waals surface area contributed by atoms with Crippen LogP contribution in [0.4, 0.5) is 0 Å². The molecule has 2 rings (SSSR count). The molecule has 1 aliphatic heterocycles. The zero-order valence-electron chi connectivity index (χ0n) is 13.2. The Hall–Kier alpha value is -0.820. The van der Waals surface area contributed by atoms with Crippen LogP contribution in [0.15, 0.2) is 36.0 Å². The van der Waals surface area contributed by atoms with E-state index in [-0.39, 0.29) is 0 Å². The van der Waals surface area contributed by atoms with Crippen LogP contribution in [0, 0.1) is 5.92 Å². The fraction of sp³-hybridized carbons (Fsp3) is 0.684. The van der Waals surface area contributed by atoms with E-state index in [1.165, 1.54) is 76.6 Å². The van der Waals surface area contributed by atoms with Crippen molar-refractivity contribution in [2.24, 2.45) is 5.92 Å². The van der Waals surface area contributed by atoms with Crippen LogP contribution in [-0.4, -0.2) is 24.5 Å². The molecule has 20 heavy (non-hydrogen) atoms. The van der Waals surface area contributed by atoms with Gasteiger partial charge in [-0.15, -0.1) is 0 Å². The maximum absolute atomic E-state index is 2.71. The number of hydrogen-bond donors (Lipinski definition) is 0. The van der Waals surface area contributed by atoms with Crippen LogP contribution >= 0.6 is 0 Å². The van der Waals surface area contributed by atoms with E-state index >= 15 is 0 Å². The minimum atomic E-state index is 0.624. The second-order valence-electron chi connectivity index (χ2n) is 6.42. The molecule has 0 amide bonds. The molecule has 1 heteroatoms. The van der Waals surface area contributed by atoms with E-state index in [1.54, 1.807) is 0 Å². The van der Waals surface area contributed by atoms with E-state index in [0.29, 0.717) is 5.92 Å². The summed E-state index contributed by atoms with van der Waals surface area (Å²) in [6, 6.07) is 0. The van der Waals surface area contributed by atoms with Crippen molar-refractivity contribution in [1.29, 1.82) is 0 Å². The summed E-state index contributed by atoms with van der Waals surface area (Å²) in [5, 5.41) is 0. The second-order valence-corrected chi connectivity index (χ2v) is 6.42. The van der Waals surface area contributed by atoms with Crippen molar-refractivity contribution in [3.05, 3.63) is 36.0 Å². The van der Waals surface area contributed by atoms with Crippen LogP contribution in [0.2, 0.25) is 0 Å². The fourth-order valence-corrected chi connectivity index (χ4v) is 3.16. The molecule has 0 spiro atoms. The lowest BCUT2D eigenvalue weighted by Gasteiger charge is -2.24. The highest BCUT2D eigenvalue weighted by Gasteiger charge is 2.09. The Morgan fingerprint density at radius 2 is 1.60 bits per heavy atom. The number of nitrogens with zero attached hydrogens (tertiary/aromatic N) is 1. The summed E-state index contributed by atoms with van der Waals surface area (Å²) in [6.07, 6.45) is 22.7. The van der Waals surface area contributed by atoms with Crippen LogP contribution < -0.4 is 0 Å². The van der Waals surface area contributed by atoms with Crippen molar-refractivity contribution < 1.29 is 0 Å². The van der Waals surface area contributed by atoms with Crippen molar-refractivity contribution >= 4 is 0 Å². The van der Waals surface area contributed by atoms with Gasteiger partial charge in [0.15, 0.2) is 0 Å². The first-order valence-electron chi connectivity index (χ1n) is 8.60. The van der Waals surface area contributed by atoms with Gasteiger partial charge in [-0.3, -0.25) is 0 Å². The van der Waals surface area contributed by atoms with Crippen LogP contribution in [0.3, 0.4) is 0 Å². The summed E-state index contributed by atoms with van der Waals surface area (Å²) in [6.45, 7) is 6.07. The Morgan fingerprint density at radius 1 is 0.950 bits per heavy atom. The van der Waals surface area contributed by atoms with Gasteiger partial charge in [-0.2, -0.15) is 0 Å². The van der Waals surface area contributed by atoms with Crippen molar-refractivity contribution in [2.75, 3.05) is 19.6 Å². The standard InChI is InChI=1S/C19H31N/c1-18-10-9-11-19(13-12-18)14-17-20-15-7-5-3-2-4-6-8-16-20/h9-13,19H,2-8,14-17H2,1H3. The molecule has 1 unspecified atom stereocenters. The average molecular weight is 273 g/mol. The molecule has 0 aromatic heterocycles. The molecule has 1 heterocycles. The molecule has 112 valence electrons. The van der Waals surface area contributed by atoms with Gasteiger partial charge in [-0.25, -0.2) is 0 Å². The molecule has 1 aliphatic carbocycles. The Morgan fingerprint density at radius 3 is 2.30 bits per heavy atom. The fourth-order valence-electron chi connectivity index (χ4n) is 3.16. The van der Waals surface area contributed by atoms with Crippen LogP contribution in [0.25, 0.3) is 0 Å². The predicted octanol–water partition coefficient (Wildman–Crippen LogP) is 5.11. The van der Waals surface area contributed by atoms with E-state index < -0.39 is 0 Å². The lowest BCUT2D eigenvalue weighted by Crippen LogP contribution is -2.28. The molecule has 1 fully saturated rings. The van der Waals surface area contributed by atoms with Gasteiger partial charge in [0.25, 0.3) is 0 Å². The molecule has 2 aliphatic rings. The smallest absolute Gasteiger partial charge is 0.00101 e. The third-order valence-electron chi connectivity index (χ3n) is 4.55. The Bertz CT molecular complexity index is 341. The third-order valence-corrected chi connectivity index (χ3v) is 4.55. The zero-order valence-corrected chi connectivity index (χ0v) is 13.2. The molecule has 1 atom stereocenters. The first-order valence-corrected chi connectivity index (χ1v) is 8.60. The molecule has 0 radical (unpaired) electrons. The lowest BCUT2D eigenvalue weighted by molar-refractivity contribution is 0.247. The Balaban J connectivity index is 1.74. The summed E-state index contributed by atoms with van der Waals surface area (Å²) >= 11 is 0. The van der Waals surface area contributed by atoms with Gasteiger partial charge in [-0.05, 0) is 51.7 Å². The highest BCUT2D eigenvalue weighted by atomic mass is 15.1. The average Bonchev–Trinajstić information content (AvgIpc) is 2.67. The van der Waals surface area contributed by atoms with E-state index in [1.807, 2.05) is 0 Å². The van der Waals surface area contributed by atoms with Gasteiger partial charge in [0.2, 0.25) is 0 Å². The molecule has 0 aromatic rings. The lowest BCUT2D eigenvalue weighted by atomic mass is 10.0. The first-order chi connectivity index (χ1) is 9.84. The second kappa shape index (κ2) is 9.18. The molecule has 0 aromatic carbocycles. The van der Waals surface area contributed by atoms with Crippen molar-refractivity contribution in [3.63, 3.8) is 0 Å². The summed E-state index contributed by atoms with van der Waals surface area (Å²) in [4.78, 5) is 2.71. The van der Waals surface area contributed by atoms with Gasteiger partial charge in [0.1, 0.15) is 0 Å². The number of rotatable bonds is 3. The third kappa shape index (κ3) is 6.09. The Kier molecular flexibility index (Phi) is 7.14. The van der Waals surface area contributed by atoms with Gasteiger partial charge in [0.05, 0.1) is 0 Å². The SMILES string of the molecule is CC1=CC=CC(CCN2CCCCCCCCC2)C=C1. The molecule has 1 saturated heterocycles. The quantitative estimate of drug-likeness (QED) is 0.690. The van der Waals surface area contributed by atoms with Gasteiger partial charge in [-0.1, -0.05) is 68.1 Å². The van der Waals surface area contributed by atoms with Crippen LogP contribution in [-0.2, 0) is 0 Å². The zero-order chi connectivity index (χ0) is 14.0. The van der Waals surface area contributed by atoms with E-state index in [2.05, 4.69) is 42.2 Å². The molecule has 0 bridgehead atoms. The molecule has 1 nitrogen and oxygen atoms in total. The van der Waals surface area contributed by atoms with E-state index in [4.69, 9.17) is 0 Å². The maximum atomic E-state index is 2.71. The summed E-state index contributed by atoms with van der Waals surface area (Å²) in [5.74, 6) is 0.624. The summed E-state index contributed by atoms with van der Waals surface area (Å²) in [5.41, 5.74) is 1.36. The molecule has 0 N–H and O–H groups in total. The minimum Gasteiger partial charge on any atom is -0.303 e. The van der Waals surface area contributed by atoms with E-state index in [9.17, 15) is 0 Å². The van der Waals surface area contributed by atoms with Gasteiger partial charge in [0, 0.05) is 0 Å². The van der Waals surface area contributed by atoms with Crippen LogP contribution in [0.1, 0.15) is 58.3 Å². The van der Waals surface area contributed by atoms with Crippen molar-refractivity contribution in [3.8, 4) is 0 Å². The minimum absolute atomic E-state index is 0.624. The van der Waals surface area contributed by atoms with Crippen molar-refractivity contribution in [1.82, 2.24) is 4.90 Å². The Labute approximate surface area is 125 Å². The maximum Gasteiger partial charge on any atom is -0.00101 e. The van der Waals surface area contributed by atoms with Gasteiger partial charge < -0.3 is 4.90 Å². The number of hydrogen-bond acceptors (Lipinski definition) is 1. The first kappa shape index (κ1) is 15.6. The van der Waals surface area contributed by atoms with Crippen LogP contribution in [0.5, 0.6) is 0 Å². The molecular formula is C19H31N. The largest absolute Gasteiger partial charge is 0.303 e. The van der Waals surface area contributed by atoms with E-state index in [0.717, 1.165) is 0 Å². The van der Waals surface area contributed by atoms with Crippen molar-refractivity contribution in [2.45, 2.75) is 58.3 Å². The monoisotopic (exact) mass is 273 g/mol. The number of allylic oxidation sites excluding steroid dienone is 6. The predicted molar refractivity (Wildman–Crippen MR) is 88.9 cm³/mol. The topological polar surface area (TPSA) is 3.24 Å². The molecular weight excluding hydrogens is 242 g/mol. The normalized spacial score (nSPS) is 26.1. The highest BCUT2D eigenvalue weighted by molar-refractivity contribution is 5.26. The summed E-state index contributed by atoms with van der Waals surface area (Å²) < 4.78 is 0. The van der Waals surface area contributed by atoms with Gasteiger partial charge >= 0.3 is 0 Å². The molecule has 0 saturated carbocycles.